The lowest BCUT2D eigenvalue weighted by molar-refractivity contribution is 0.100. The van der Waals surface area contributed by atoms with Crippen LogP contribution in [0, 0.1) is 0 Å². The molecule has 0 aromatic carbocycles. The Kier molecular flexibility index (Phi) is 3.27. The Morgan fingerprint density at radius 1 is 1.69 bits per heavy atom. The molecule has 5 heteroatoms. The third-order valence-electron chi connectivity index (χ3n) is 1.63. The monoisotopic (exact) mass is 200 g/mol. The second kappa shape index (κ2) is 4.25. The lowest BCUT2D eigenvalue weighted by atomic mass is 10.2. The van der Waals surface area contributed by atoms with E-state index in [1.165, 1.54) is 11.3 Å². The standard InChI is InChI=1S/C8H12N2O2S/c1-12-3-2-5-4-6(7(9)11)8(10)13-5/h4H,2-3,10H2,1H3,(H2,9,11). The van der Waals surface area contributed by atoms with Crippen LogP contribution in [0.4, 0.5) is 5.00 Å². The number of amides is 1. The Balaban J connectivity index is 2.76. The molecule has 0 saturated heterocycles. The van der Waals surface area contributed by atoms with Crippen LogP contribution in [0.2, 0.25) is 0 Å². The molecule has 4 nitrogen and oxygen atoms in total. The van der Waals surface area contributed by atoms with E-state index in [0.717, 1.165) is 11.3 Å². The molecular formula is C8H12N2O2S. The number of rotatable bonds is 4. The zero-order valence-corrected chi connectivity index (χ0v) is 8.19. The molecule has 4 N–H and O–H groups in total. The number of hydrogen-bond acceptors (Lipinski definition) is 4. The van der Waals surface area contributed by atoms with Crippen molar-refractivity contribution in [2.24, 2.45) is 5.73 Å². The van der Waals surface area contributed by atoms with Gasteiger partial charge in [0.05, 0.1) is 17.2 Å². The van der Waals surface area contributed by atoms with Crippen LogP contribution in [0.3, 0.4) is 0 Å². The third kappa shape index (κ3) is 2.43. The molecule has 0 bridgehead atoms. The predicted molar refractivity (Wildman–Crippen MR) is 52.8 cm³/mol. The second-order valence-electron chi connectivity index (χ2n) is 2.60. The summed E-state index contributed by atoms with van der Waals surface area (Å²) in [5.74, 6) is -0.475. The number of primary amides is 1. The molecule has 1 aromatic rings. The molecule has 1 aromatic heterocycles. The van der Waals surface area contributed by atoms with Gasteiger partial charge in [0, 0.05) is 18.4 Å². The summed E-state index contributed by atoms with van der Waals surface area (Å²) in [5, 5.41) is 0.485. The van der Waals surface area contributed by atoms with Crippen molar-refractivity contribution in [3.63, 3.8) is 0 Å². The molecule has 0 radical (unpaired) electrons. The predicted octanol–water partition coefficient (Wildman–Crippen LogP) is 0.618. The van der Waals surface area contributed by atoms with Crippen LogP contribution in [0.5, 0.6) is 0 Å². The van der Waals surface area contributed by atoms with Gasteiger partial charge in [0.25, 0.3) is 5.91 Å². The van der Waals surface area contributed by atoms with Crippen molar-refractivity contribution in [1.82, 2.24) is 0 Å². The molecule has 0 spiro atoms. The molecule has 0 aliphatic carbocycles. The fourth-order valence-corrected chi connectivity index (χ4v) is 1.89. The number of methoxy groups -OCH3 is 1. The third-order valence-corrected chi connectivity index (χ3v) is 2.65. The Morgan fingerprint density at radius 2 is 2.38 bits per heavy atom. The van der Waals surface area contributed by atoms with Crippen molar-refractivity contribution in [2.75, 3.05) is 19.5 Å². The van der Waals surface area contributed by atoms with Crippen LogP contribution in [-0.4, -0.2) is 19.6 Å². The molecule has 0 aliphatic rings. The van der Waals surface area contributed by atoms with Gasteiger partial charge in [0.15, 0.2) is 0 Å². The van der Waals surface area contributed by atoms with Gasteiger partial charge in [-0.15, -0.1) is 11.3 Å². The maximum absolute atomic E-state index is 10.8. The maximum atomic E-state index is 10.8. The molecule has 0 fully saturated rings. The van der Waals surface area contributed by atoms with E-state index in [4.69, 9.17) is 16.2 Å². The molecule has 0 aliphatic heterocycles. The van der Waals surface area contributed by atoms with Crippen LogP contribution in [0.1, 0.15) is 15.2 Å². The van der Waals surface area contributed by atoms with Crippen molar-refractivity contribution in [3.8, 4) is 0 Å². The number of ether oxygens (including phenoxy) is 1. The average Bonchev–Trinajstić information content (AvgIpc) is 2.43. The van der Waals surface area contributed by atoms with E-state index in [-0.39, 0.29) is 0 Å². The van der Waals surface area contributed by atoms with Crippen LogP contribution in [0.25, 0.3) is 0 Å². The SMILES string of the molecule is COCCc1cc(C(N)=O)c(N)s1. The molecule has 72 valence electrons. The average molecular weight is 200 g/mol. The molecule has 0 unspecified atom stereocenters. The minimum atomic E-state index is -0.475. The first-order chi connectivity index (χ1) is 6.15. The Hall–Kier alpha value is -1.07. The van der Waals surface area contributed by atoms with E-state index in [2.05, 4.69) is 0 Å². The van der Waals surface area contributed by atoms with Crippen molar-refractivity contribution in [1.29, 1.82) is 0 Å². The zero-order valence-electron chi connectivity index (χ0n) is 7.37. The summed E-state index contributed by atoms with van der Waals surface area (Å²) in [5.41, 5.74) is 11.1. The van der Waals surface area contributed by atoms with Crippen molar-refractivity contribution >= 4 is 22.2 Å². The minimum Gasteiger partial charge on any atom is -0.390 e. The number of carbonyl (C=O) groups excluding carboxylic acids is 1. The van der Waals surface area contributed by atoms with E-state index < -0.39 is 5.91 Å². The quantitative estimate of drug-likeness (QED) is 0.747. The zero-order chi connectivity index (χ0) is 9.84. The fourth-order valence-electron chi connectivity index (χ4n) is 0.976. The smallest absolute Gasteiger partial charge is 0.251 e. The van der Waals surface area contributed by atoms with E-state index in [1.807, 2.05) is 0 Å². The number of nitrogens with two attached hydrogens (primary N) is 2. The summed E-state index contributed by atoms with van der Waals surface area (Å²) >= 11 is 1.38. The first-order valence-corrected chi connectivity index (χ1v) is 4.63. The van der Waals surface area contributed by atoms with Gasteiger partial charge >= 0.3 is 0 Å². The number of thiophene rings is 1. The summed E-state index contributed by atoms with van der Waals surface area (Å²) in [6.45, 7) is 0.623. The first-order valence-electron chi connectivity index (χ1n) is 3.82. The Bertz CT molecular complexity index is 309. The number of nitrogen functional groups attached to an aromatic ring is 1. The van der Waals surface area contributed by atoms with Gasteiger partial charge in [-0.3, -0.25) is 4.79 Å². The van der Waals surface area contributed by atoms with Gasteiger partial charge in [0.1, 0.15) is 0 Å². The minimum absolute atomic E-state index is 0.413. The van der Waals surface area contributed by atoms with Crippen LogP contribution < -0.4 is 11.5 Å². The van der Waals surface area contributed by atoms with Gasteiger partial charge in [0.2, 0.25) is 0 Å². The van der Waals surface area contributed by atoms with Crippen LogP contribution in [-0.2, 0) is 11.2 Å². The summed E-state index contributed by atoms with van der Waals surface area (Å²) in [6, 6.07) is 1.72. The fraction of sp³-hybridized carbons (Fsp3) is 0.375. The highest BCUT2D eigenvalue weighted by molar-refractivity contribution is 7.16. The highest BCUT2D eigenvalue weighted by Gasteiger charge is 2.10. The molecular weight excluding hydrogens is 188 g/mol. The largest absolute Gasteiger partial charge is 0.390 e. The van der Waals surface area contributed by atoms with E-state index in [9.17, 15) is 4.79 Å². The van der Waals surface area contributed by atoms with Gasteiger partial charge in [-0.05, 0) is 6.07 Å². The van der Waals surface area contributed by atoms with Crippen LogP contribution >= 0.6 is 11.3 Å². The normalized spacial score (nSPS) is 10.2. The summed E-state index contributed by atoms with van der Waals surface area (Å²) in [6.07, 6.45) is 0.763. The molecule has 13 heavy (non-hydrogen) atoms. The van der Waals surface area contributed by atoms with Gasteiger partial charge in [-0.25, -0.2) is 0 Å². The summed E-state index contributed by atoms with van der Waals surface area (Å²) in [7, 11) is 1.63. The highest BCUT2D eigenvalue weighted by Crippen LogP contribution is 2.24. The van der Waals surface area contributed by atoms with E-state index in [0.29, 0.717) is 17.2 Å². The molecule has 0 saturated carbocycles. The molecule has 1 amide bonds. The topological polar surface area (TPSA) is 78.3 Å². The highest BCUT2D eigenvalue weighted by atomic mass is 32.1. The van der Waals surface area contributed by atoms with Crippen molar-refractivity contribution in [2.45, 2.75) is 6.42 Å². The maximum Gasteiger partial charge on any atom is 0.251 e. The molecule has 1 heterocycles. The Labute approximate surface area is 80.5 Å². The van der Waals surface area contributed by atoms with E-state index >= 15 is 0 Å². The lowest BCUT2D eigenvalue weighted by Gasteiger charge is -1.93. The van der Waals surface area contributed by atoms with Crippen molar-refractivity contribution in [3.05, 3.63) is 16.5 Å². The summed E-state index contributed by atoms with van der Waals surface area (Å²) in [4.78, 5) is 11.8. The van der Waals surface area contributed by atoms with Gasteiger partial charge in [-0.2, -0.15) is 0 Å². The second-order valence-corrected chi connectivity index (χ2v) is 3.77. The number of anilines is 1. The van der Waals surface area contributed by atoms with Crippen LogP contribution in [0.15, 0.2) is 6.07 Å². The van der Waals surface area contributed by atoms with Gasteiger partial charge < -0.3 is 16.2 Å². The Morgan fingerprint density at radius 3 is 2.85 bits per heavy atom. The number of hydrogen-bond donors (Lipinski definition) is 2. The van der Waals surface area contributed by atoms with Crippen molar-refractivity contribution < 1.29 is 9.53 Å². The first kappa shape index (κ1) is 10.0. The molecule has 1 rings (SSSR count). The van der Waals surface area contributed by atoms with Gasteiger partial charge in [-0.1, -0.05) is 0 Å². The number of carbonyl (C=O) groups is 1. The van der Waals surface area contributed by atoms with E-state index in [1.54, 1.807) is 13.2 Å². The summed E-state index contributed by atoms with van der Waals surface area (Å²) < 4.78 is 4.91. The lowest BCUT2D eigenvalue weighted by Crippen LogP contribution is -2.11. The molecule has 0 atom stereocenters.